The van der Waals surface area contributed by atoms with E-state index in [0.717, 1.165) is 5.01 Å². The second-order valence-corrected chi connectivity index (χ2v) is 5.11. The summed E-state index contributed by atoms with van der Waals surface area (Å²) in [5, 5.41) is 31.9. The average Bonchev–Trinajstić information content (AvgIpc) is 2.79. The molecule has 3 rings (SSSR count). The summed E-state index contributed by atoms with van der Waals surface area (Å²) in [6.07, 6.45) is 0. The number of nitro benzene ring substituents is 1. The van der Waals surface area contributed by atoms with Crippen LogP contribution in [0.1, 0.15) is 11.6 Å². The Bertz CT molecular complexity index is 745. The third-order valence-corrected chi connectivity index (χ3v) is 3.63. The first-order valence-corrected chi connectivity index (χ1v) is 6.76. The number of anilines is 1. The van der Waals surface area contributed by atoms with Crippen LogP contribution in [0.25, 0.3) is 0 Å². The van der Waals surface area contributed by atoms with Gasteiger partial charge in [-0.05, 0) is 17.7 Å². The number of aliphatic hydroxyl groups is 2. The monoisotopic (exact) mass is 315 g/mol. The molecule has 1 saturated heterocycles. The molecule has 1 fully saturated rings. The van der Waals surface area contributed by atoms with Gasteiger partial charge in [0.1, 0.15) is 6.04 Å². The van der Waals surface area contributed by atoms with Crippen LogP contribution < -0.4 is 10.4 Å². The smallest absolute Gasteiger partial charge is 0.303 e. The number of hydrogen-bond acceptors (Lipinski definition) is 6. The molecule has 0 bridgehead atoms. The normalized spacial score (nSPS) is 19.8. The van der Waals surface area contributed by atoms with Gasteiger partial charge in [-0.2, -0.15) is 0 Å². The van der Waals surface area contributed by atoms with E-state index in [2.05, 4.69) is 5.43 Å². The van der Waals surface area contributed by atoms with Crippen LogP contribution in [0, 0.1) is 10.1 Å². The van der Waals surface area contributed by atoms with Crippen LogP contribution >= 0.6 is 0 Å². The molecule has 0 spiro atoms. The number of carbonyl (C=O) groups is 1. The highest BCUT2D eigenvalue weighted by Gasteiger charge is 2.53. The number of amides is 1. The van der Waals surface area contributed by atoms with Gasteiger partial charge in [0, 0.05) is 12.1 Å². The molecule has 1 amide bonds. The van der Waals surface area contributed by atoms with Gasteiger partial charge >= 0.3 is 5.91 Å². The third-order valence-electron chi connectivity index (χ3n) is 3.63. The summed E-state index contributed by atoms with van der Waals surface area (Å²) < 4.78 is 0. The zero-order valence-corrected chi connectivity index (χ0v) is 11.8. The molecule has 3 N–H and O–H groups in total. The highest BCUT2D eigenvalue weighted by atomic mass is 16.6. The lowest BCUT2D eigenvalue weighted by Gasteiger charge is -2.19. The lowest BCUT2D eigenvalue weighted by atomic mass is 10.0. The highest BCUT2D eigenvalue weighted by Crippen LogP contribution is 2.34. The number of hydrazine groups is 1. The second-order valence-electron chi connectivity index (χ2n) is 5.11. The van der Waals surface area contributed by atoms with Crippen LogP contribution in [0.3, 0.4) is 0 Å². The number of benzene rings is 2. The number of nitrogens with zero attached hydrogens (tertiary/aromatic N) is 2. The minimum Gasteiger partial charge on any atom is -0.357 e. The van der Waals surface area contributed by atoms with E-state index in [-0.39, 0.29) is 11.4 Å². The summed E-state index contributed by atoms with van der Waals surface area (Å²) in [7, 11) is 0. The van der Waals surface area contributed by atoms with E-state index in [4.69, 9.17) is 0 Å². The summed E-state index contributed by atoms with van der Waals surface area (Å²) in [6, 6.07) is 12.6. The van der Waals surface area contributed by atoms with E-state index in [9.17, 15) is 25.1 Å². The quantitative estimate of drug-likeness (QED) is 0.440. The second kappa shape index (κ2) is 5.43. The Labute approximate surface area is 130 Å². The molecule has 2 aromatic carbocycles. The summed E-state index contributed by atoms with van der Waals surface area (Å²) in [4.78, 5) is 22.4. The van der Waals surface area contributed by atoms with Crippen molar-refractivity contribution in [3.8, 4) is 0 Å². The predicted molar refractivity (Wildman–Crippen MR) is 80.1 cm³/mol. The molecule has 0 radical (unpaired) electrons. The molecule has 0 saturated carbocycles. The van der Waals surface area contributed by atoms with Crippen molar-refractivity contribution in [1.82, 2.24) is 5.43 Å². The molecule has 2 aromatic rings. The van der Waals surface area contributed by atoms with Crippen molar-refractivity contribution in [3.63, 3.8) is 0 Å². The van der Waals surface area contributed by atoms with Crippen molar-refractivity contribution < 1.29 is 19.9 Å². The van der Waals surface area contributed by atoms with Crippen LogP contribution in [0.4, 0.5) is 11.4 Å². The first-order valence-electron chi connectivity index (χ1n) is 6.76. The van der Waals surface area contributed by atoms with Crippen LogP contribution in [0.2, 0.25) is 0 Å². The van der Waals surface area contributed by atoms with Gasteiger partial charge in [0.2, 0.25) is 0 Å². The molecule has 118 valence electrons. The first-order chi connectivity index (χ1) is 10.9. The number of non-ortho nitro benzene ring substituents is 1. The number of rotatable bonds is 3. The van der Waals surface area contributed by atoms with E-state index < -0.39 is 22.7 Å². The fourth-order valence-corrected chi connectivity index (χ4v) is 2.43. The van der Waals surface area contributed by atoms with E-state index in [1.54, 1.807) is 30.3 Å². The molecule has 1 aliphatic rings. The summed E-state index contributed by atoms with van der Waals surface area (Å²) in [6.45, 7) is 0. The van der Waals surface area contributed by atoms with Gasteiger partial charge in [-0.25, -0.2) is 10.4 Å². The average molecular weight is 315 g/mol. The predicted octanol–water partition coefficient (Wildman–Crippen LogP) is 0.868. The number of carbonyl (C=O) groups excluding carboxylic acids is 1. The maximum absolute atomic E-state index is 12.3. The van der Waals surface area contributed by atoms with E-state index >= 15 is 0 Å². The van der Waals surface area contributed by atoms with Crippen molar-refractivity contribution >= 4 is 17.3 Å². The van der Waals surface area contributed by atoms with Gasteiger partial charge < -0.3 is 10.2 Å². The third kappa shape index (κ3) is 2.55. The fourth-order valence-electron chi connectivity index (χ4n) is 2.43. The summed E-state index contributed by atoms with van der Waals surface area (Å²) in [5.41, 5.74) is 3.39. The Morgan fingerprint density at radius 3 is 2.26 bits per heavy atom. The number of hydrogen-bond donors (Lipinski definition) is 3. The largest absolute Gasteiger partial charge is 0.357 e. The van der Waals surface area contributed by atoms with E-state index in [1.807, 2.05) is 0 Å². The maximum atomic E-state index is 12.3. The summed E-state index contributed by atoms with van der Waals surface area (Å²) in [5.74, 6) is -3.58. The highest BCUT2D eigenvalue weighted by molar-refractivity contribution is 6.00. The fraction of sp³-hybridized carbons (Fsp3) is 0.133. The SMILES string of the molecule is O=C1N(c2ccc([N+](=O)[O-])cc2)NC(c2ccccc2)C1(O)O. The van der Waals surface area contributed by atoms with Gasteiger partial charge in [-0.1, -0.05) is 30.3 Å². The van der Waals surface area contributed by atoms with Crippen LogP contribution in [0.5, 0.6) is 0 Å². The van der Waals surface area contributed by atoms with Crippen molar-refractivity contribution in [2.24, 2.45) is 0 Å². The maximum Gasteiger partial charge on any atom is 0.303 e. The van der Waals surface area contributed by atoms with Gasteiger partial charge in [0.25, 0.3) is 11.5 Å². The molecular weight excluding hydrogens is 302 g/mol. The number of nitro groups is 1. The zero-order chi connectivity index (χ0) is 16.6. The molecule has 1 unspecified atom stereocenters. The lowest BCUT2D eigenvalue weighted by Crippen LogP contribution is -2.42. The van der Waals surface area contributed by atoms with Crippen molar-refractivity contribution in [2.75, 3.05) is 5.01 Å². The Hall–Kier alpha value is -2.81. The Morgan fingerprint density at radius 1 is 1.09 bits per heavy atom. The molecule has 1 atom stereocenters. The van der Waals surface area contributed by atoms with Crippen LogP contribution in [-0.4, -0.2) is 26.8 Å². The lowest BCUT2D eigenvalue weighted by molar-refractivity contribution is -0.384. The molecular formula is C15H13N3O5. The Balaban J connectivity index is 1.93. The molecule has 23 heavy (non-hydrogen) atoms. The Kier molecular flexibility index (Phi) is 3.57. The van der Waals surface area contributed by atoms with Crippen molar-refractivity contribution in [3.05, 3.63) is 70.3 Å². The zero-order valence-electron chi connectivity index (χ0n) is 11.8. The van der Waals surface area contributed by atoms with Crippen LogP contribution in [-0.2, 0) is 4.79 Å². The number of nitrogens with one attached hydrogen (secondary N) is 1. The van der Waals surface area contributed by atoms with E-state index in [0.29, 0.717) is 5.56 Å². The molecule has 8 nitrogen and oxygen atoms in total. The molecule has 0 aliphatic carbocycles. The first kappa shape index (κ1) is 15.1. The van der Waals surface area contributed by atoms with Crippen molar-refractivity contribution in [1.29, 1.82) is 0 Å². The van der Waals surface area contributed by atoms with Crippen LogP contribution in [0.15, 0.2) is 54.6 Å². The summed E-state index contributed by atoms with van der Waals surface area (Å²) >= 11 is 0. The Morgan fingerprint density at radius 2 is 1.70 bits per heavy atom. The molecule has 8 heteroatoms. The molecule has 1 aliphatic heterocycles. The van der Waals surface area contributed by atoms with Gasteiger partial charge in [-0.15, -0.1) is 0 Å². The standard InChI is InChI=1S/C15H13N3O5/c19-14-15(20,21)13(10-4-2-1-3-5-10)16-17(14)11-6-8-12(9-7-11)18(22)23/h1-9,13,16,20-21H. The van der Waals surface area contributed by atoms with Crippen molar-refractivity contribution in [2.45, 2.75) is 11.8 Å². The molecule has 0 aromatic heterocycles. The van der Waals surface area contributed by atoms with E-state index in [1.165, 1.54) is 24.3 Å². The topological polar surface area (TPSA) is 116 Å². The molecule has 1 heterocycles. The van der Waals surface area contributed by atoms with Gasteiger partial charge in [-0.3, -0.25) is 14.9 Å². The van der Waals surface area contributed by atoms with Gasteiger partial charge in [0.15, 0.2) is 0 Å². The minimum atomic E-state index is -2.62. The van der Waals surface area contributed by atoms with Gasteiger partial charge in [0.05, 0.1) is 10.6 Å². The minimum absolute atomic E-state index is 0.126.